The van der Waals surface area contributed by atoms with Gasteiger partial charge in [-0.15, -0.1) is 6.58 Å². The van der Waals surface area contributed by atoms with E-state index in [1.54, 1.807) is 6.08 Å². The van der Waals surface area contributed by atoms with E-state index in [0.29, 0.717) is 6.42 Å². The van der Waals surface area contributed by atoms with Gasteiger partial charge in [-0.25, -0.2) is 0 Å². The van der Waals surface area contributed by atoms with Crippen molar-refractivity contribution in [1.29, 1.82) is 0 Å². The Balaban J connectivity index is 2.68. The molecule has 1 saturated heterocycles. The van der Waals surface area contributed by atoms with Crippen LogP contribution < -0.4 is 0 Å². The molecule has 76 valence electrons. The van der Waals surface area contributed by atoms with Gasteiger partial charge in [-0.3, -0.25) is 0 Å². The number of hydrogen-bond acceptors (Lipinski definition) is 3. The first kappa shape index (κ1) is 10.7. The summed E-state index contributed by atoms with van der Waals surface area (Å²) in [6.45, 7) is 9.25. The highest BCUT2D eigenvalue weighted by Gasteiger charge is 2.42. The molecule has 3 heteroatoms. The molecule has 0 spiro atoms. The molecule has 0 aromatic carbocycles. The van der Waals surface area contributed by atoms with Gasteiger partial charge in [-0.1, -0.05) is 13.0 Å². The standard InChI is InChI=1S/C10H18O3/c1-5-7(11)9-8(6-2)12-10(3,4)13-9/h6-9,11H,2,5H2,1,3-4H3/t7?,8-,9+/m0/s1. The molecule has 0 radical (unpaired) electrons. The van der Waals surface area contributed by atoms with Crippen molar-refractivity contribution in [2.24, 2.45) is 0 Å². The Morgan fingerprint density at radius 1 is 1.54 bits per heavy atom. The van der Waals surface area contributed by atoms with Gasteiger partial charge in [-0.05, 0) is 20.3 Å². The Hall–Kier alpha value is -0.380. The second-order valence-electron chi connectivity index (χ2n) is 3.78. The van der Waals surface area contributed by atoms with Gasteiger partial charge in [-0.2, -0.15) is 0 Å². The van der Waals surface area contributed by atoms with E-state index in [1.165, 1.54) is 0 Å². The van der Waals surface area contributed by atoms with Crippen LogP contribution in [0.25, 0.3) is 0 Å². The predicted octanol–water partition coefficient (Wildman–Crippen LogP) is 1.46. The smallest absolute Gasteiger partial charge is 0.164 e. The summed E-state index contributed by atoms with van der Waals surface area (Å²) in [5.41, 5.74) is 0. The first-order valence-corrected chi connectivity index (χ1v) is 4.66. The normalized spacial score (nSPS) is 34.5. The van der Waals surface area contributed by atoms with E-state index >= 15 is 0 Å². The number of ether oxygens (including phenoxy) is 2. The number of aliphatic hydroxyl groups excluding tert-OH is 1. The number of rotatable bonds is 3. The Morgan fingerprint density at radius 3 is 2.62 bits per heavy atom. The van der Waals surface area contributed by atoms with Gasteiger partial charge >= 0.3 is 0 Å². The van der Waals surface area contributed by atoms with Crippen LogP contribution in [-0.2, 0) is 9.47 Å². The Bertz CT molecular complexity index is 189. The molecule has 0 aromatic rings. The minimum Gasteiger partial charge on any atom is -0.390 e. The van der Waals surface area contributed by atoms with E-state index in [2.05, 4.69) is 6.58 Å². The van der Waals surface area contributed by atoms with Crippen LogP contribution in [0.3, 0.4) is 0 Å². The van der Waals surface area contributed by atoms with Gasteiger partial charge < -0.3 is 14.6 Å². The van der Waals surface area contributed by atoms with Gasteiger partial charge in [0, 0.05) is 0 Å². The average Bonchev–Trinajstić information content (AvgIpc) is 2.39. The van der Waals surface area contributed by atoms with Crippen LogP contribution in [0.15, 0.2) is 12.7 Å². The van der Waals surface area contributed by atoms with E-state index in [9.17, 15) is 5.11 Å². The lowest BCUT2D eigenvalue weighted by Gasteiger charge is -2.19. The van der Waals surface area contributed by atoms with Crippen LogP contribution in [0.5, 0.6) is 0 Å². The van der Waals surface area contributed by atoms with Crippen molar-refractivity contribution in [3.63, 3.8) is 0 Å². The summed E-state index contributed by atoms with van der Waals surface area (Å²) >= 11 is 0. The summed E-state index contributed by atoms with van der Waals surface area (Å²) < 4.78 is 11.1. The SMILES string of the molecule is C=C[C@@H]1OC(C)(C)O[C@@H]1C(O)CC. The zero-order valence-electron chi connectivity index (χ0n) is 8.49. The second-order valence-corrected chi connectivity index (χ2v) is 3.78. The summed E-state index contributed by atoms with van der Waals surface area (Å²) in [6.07, 6.45) is 1.37. The maximum Gasteiger partial charge on any atom is 0.164 e. The van der Waals surface area contributed by atoms with Crippen LogP contribution in [0.2, 0.25) is 0 Å². The highest BCUT2D eigenvalue weighted by Crippen LogP contribution is 2.31. The molecular weight excluding hydrogens is 168 g/mol. The molecular formula is C10H18O3. The van der Waals surface area contributed by atoms with Gasteiger partial charge in [0.2, 0.25) is 0 Å². The second kappa shape index (κ2) is 3.78. The van der Waals surface area contributed by atoms with E-state index in [1.807, 2.05) is 20.8 Å². The minimum absolute atomic E-state index is 0.204. The van der Waals surface area contributed by atoms with Crippen molar-refractivity contribution in [1.82, 2.24) is 0 Å². The van der Waals surface area contributed by atoms with Crippen LogP contribution in [-0.4, -0.2) is 29.2 Å². The Morgan fingerprint density at radius 2 is 2.15 bits per heavy atom. The fourth-order valence-electron chi connectivity index (χ4n) is 1.53. The molecule has 13 heavy (non-hydrogen) atoms. The van der Waals surface area contributed by atoms with Crippen LogP contribution in [0.4, 0.5) is 0 Å². The zero-order valence-corrected chi connectivity index (χ0v) is 8.49. The third-order valence-corrected chi connectivity index (χ3v) is 2.19. The van der Waals surface area contributed by atoms with E-state index in [4.69, 9.17) is 9.47 Å². The molecule has 0 bridgehead atoms. The van der Waals surface area contributed by atoms with Gasteiger partial charge in [0.15, 0.2) is 5.79 Å². The first-order chi connectivity index (χ1) is 6.00. The topological polar surface area (TPSA) is 38.7 Å². The lowest BCUT2D eigenvalue weighted by atomic mass is 10.1. The maximum atomic E-state index is 9.64. The highest BCUT2D eigenvalue weighted by molar-refractivity contribution is 4.95. The molecule has 0 aromatic heterocycles. The molecule has 0 amide bonds. The van der Waals surface area contributed by atoms with E-state index in [0.717, 1.165) is 0 Å². The average molecular weight is 186 g/mol. The molecule has 3 atom stereocenters. The maximum absolute atomic E-state index is 9.64. The predicted molar refractivity (Wildman–Crippen MR) is 50.3 cm³/mol. The molecule has 1 aliphatic rings. The first-order valence-electron chi connectivity index (χ1n) is 4.66. The third-order valence-electron chi connectivity index (χ3n) is 2.19. The van der Waals surface area contributed by atoms with Gasteiger partial charge in [0.1, 0.15) is 12.2 Å². The van der Waals surface area contributed by atoms with Crippen molar-refractivity contribution in [3.05, 3.63) is 12.7 Å². The lowest BCUT2D eigenvalue weighted by molar-refractivity contribution is -0.153. The summed E-state index contributed by atoms with van der Waals surface area (Å²) in [5.74, 6) is -0.611. The van der Waals surface area contributed by atoms with Crippen LogP contribution >= 0.6 is 0 Å². The number of hydrogen-bond donors (Lipinski definition) is 1. The fraction of sp³-hybridized carbons (Fsp3) is 0.800. The molecule has 1 aliphatic heterocycles. The van der Waals surface area contributed by atoms with E-state index in [-0.39, 0.29) is 12.2 Å². The molecule has 1 N–H and O–H groups in total. The van der Waals surface area contributed by atoms with Crippen molar-refractivity contribution in [2.45, 2.75) is 51.3 Å². The molecule has 1 heterocycles. The third kappa shape index (κ3) is 2.30. The van der Waals surface area contributed by atoms with Crippen LogP contribution in [0, 0.1) is 0 Å². The molecule has 1 unspecified atom stereocenters. The van der Waals surface area contributed by atoms with E-state index < -0.39 is 11.9 Å². The Labute approximate surface area is 79.3 Å². The Kier molecular flexibility index (Phi) is 3.11. The van der Waals surface area contributed by atoms with Crippen molar-refractivity contribution in [2.75, 3.05) is 0 Å². The zero-order chi connectivity index (χ0) is 10.1. The molecule has 1 rings (SSSR count). The highest BCUT2D eigenvalue weighted by atomic mass is 16.8. The van der Waals surface area contributed by atoms with Crippen molar-refractivity contribution >= 4 is 0 Å². The van der Waals surface area contributed by atoms with Crippen molar-refractivity contribution < 1.29 is 14.6 Å². The summed E-state index contributed by atoms with van der Waals surface area (Å²) in [7, 11) is 0. The van der Waals surface area contributed by atoms with Gasteiger partial charge in [0.05, 0.1) is 6.10 Å². The lowest BCUT2D eigenvalue weighted by Crippen LogP contribution is -2.33. The van der Waals surface area contributed by atoms with Crippen molar-refractivity contribution in [3.8, 4) is 0 Å². The van der Waals surface area contributed by atoms with Gasteiger partial charge in [0.25, 0.3) is 0 Å². The largest absolute Gasteiger partial charge is 0.390 e. The minimum atomic E-state index is -0.611. The molecule has 0 aliphatic carbocycles. The summed E-state index contributed by atoms with van der Waals surface area (Å²) in [4.78, 5) is 0. The number of aliphatic hydroxyl groups is 1. The molecule has 3 nitrogen and oxygen atoms in total. The summed E-state index contributed by atoms with van der Waals surface area (Å²) in [5, 5.41) is 9.64. The molecule has 0 saturated carbocycles. The quantitative estimate of drug-likeness (QED) is 0.678. The molecule has 1 fully saturated rings. The monoisotopic (exact) mass is 186 g/mol. The fourth-order valence-corrected chi connectivity index (χ4v) is 1.53. The summed E-state index contributed by atoms with van der Waals surface area (Å²) in [6, 6.07) is 0. The van der Waals surface area contributed by atoms with Crippen LogP contribution in [0.1, 0.15) is 27.2 Å².